The molecule has 27 heavy (non-hydrogen) atoms. The van der Waals surface area contributed by atoms with Crippen molar-refractivity contribution in [2.75, 3.05) is 39.6 Å². The van der Waals surface area contributed by atoms with Crippen molar-refractivity contribution in [2.24, 2.45) is 0 Å². The van der Waals surface area contributed by atoms with Crippen LogP contribution in [0.5, 0.6) is 0 Å². The van der Waals surface area contributed by atoms with E-state index in [0.717, 1.165) is 47.2 Å². The van der Waals surface area contributed by atoms with Crippen molar-refractivity contribution >= 4 is 0 Å². The van der Waals surface area contributed by atoms with E-state index in [1.165, 1.54) is 5.56 Å². The van der Waals surface area contributed by atoms with E-state index in [1.807, 2.05) is 27.0 Å². The summed E-state index contributed by atoms with van der Waals surface area (Å²) in [7, 11) is 0. The Balaban J connectivity index is 2.72. The van der Waals surface area contributed by atoms with Crippen LogP contribution in [0, 0.1) is 0 Å². The van der Waals surface area contributed by atoms with Gasteiger partial charge in [-0.3, -0.25) is 0 Å². The molecule has 1 aromatic rings. The lowest BCUT2D eigenvalue weighted by Gasteiger charge is -2.14. The van der Waals surface area contributed by atoms with Crippen LogP contribution in [0.25, 0.3) is 0 Å². The lowest BCUT2D eigenvalue weighted by atomic mass is 10.0. The molecule has 0 bridgehead atoms. The van der Waals surface area contributed by atoms with Gasteiger partial charge in [0.2, 0.25) is 0 Å². The summed E-state index contributed by atoms with van der Waals surface area (Å²) in [5.41, 5.74) is 6.35. The van der Waals surface area contributed by atoms with E-state index in [1.54, 1.807) is 0 Å². The first-order valence-electron chi connectivity index (χ1n) is 9.38. The Morgan fingerprint density at radius 3 is 1.78 bits per heavy atom. The highest BCUT2D eigenvalue weighted by molar-refractivity contribution is 5.28. The van der Waals surface area contributed by atoms with Crippen LogP contribution in [-0.2, 0) is 33.5 Å². The zero-order chi connectivity index (χ0) is 20.1. The fraction of sp³-hybridized carbons (Fsp3) is 0.545. The molecule has 0 aromatic carbocycles. The molecule has 0 saturated carbocycles. The lowest BCUT2D eigenvalue weighted by Crippen LogP contribution is -2.13. The molecule has 0 radical (unpaired) electrons. The van der Waals surface area contributed by atoms with Gasteiger partial charge in [0.15, 0.2) is 0 Å². The van der Waals surface area contributed by atoms with E-state index >= 15 is 0 Å². The van der Waals surface area contributed by atoms with Gasteiger partial charge < -0.3 is 14.2 Å². The van der Waals surface area contributed by atoms with E-state index in [9.17, 15) is 0 Å². The largest absolute Gasteiger partial charge is 0.377 e. The normalized spacial score (nSPS) is 10.8. The van der Waals surface area contributed by atoms with E-state index in [4.69, 9.17) is 14.2 Å². The Bertz CT molecular complexity index is 586. The third-order valence-corrected chi connectivity index (χ3v) is 3.67. The van der Waals surface area contributed by atoms with Crippen molar-refractivity contribution in [3.63, 3.8) is 0 Å². The lowest BCUT2D eigenvalue weighted by molar-refractivity contribution is 0.153. The molecule has 0 N–H and O–H groups in total. The van der Waals surface area contributed by atoms with Crippen molar-refractivity contribution in [1.29, 1.82) is 0 Å². The van der Waals surface area contributed by atoms with E-state index in [2.05, 4.69) is 29.9 Å². The molecule has 1 heterocycles. The van der Waals surface area contributed by atoms with Crippen LogP contribution in [0.2, 0.25) is 0 Å². The third kappa shape index (κ3) is 10.8. The zero-order valence-corrected chi connectivity index (χ0v) is 17.2. The Morgan fingerprint density at radius 1 is 0.778 bits per heavy atom. The topological polar surface area (TPSA) is 53.5 Å². The maximum absolute atomic E-state index is 5.69. The van der Waals surface area contributed by atoms with Gasteiger partial charge in [0, 0.05) is 6.42 Å². The maximum atomic E-state index is 5.69. The first-order valence-corrected chi connectivity index (χ1v) is 9.38. The average Bonchev–Trinajstić information content (AvgIpc) is 2.60. The molecule has 0 saturated heterocycles. The van der Waals surface area contributed by atoms with Crippen molar-refractivity contribution < 1.29 is 14.2 Å². The number of nitrogens with zero attached hydrogens (tertiary/aromatic N) is 2. The van der Waals surface area contributed by atoms with Crippen LogP contribution >= 0.6 is 0 Å². The SMILES string of the molecule is C=C(C)COCCc1cnnc(CCOCC(=C)C)c1CCOCC(=C)C. The molecule has 1 rings (SSSR count). The predicted octanol–water partition coefficient (Wildman–Crippen LogP) is 3.88. The van der Waals surface area contributed by atoms with Crippen LogP contribution in [0.1, 0.15) is 37.6 Å². The summed E-state index contributed by atoms with van der Waals surface area (Å²) in [6.45, 7) is 21.0. The minimum Gasteiger partial charge on any atom is -0.377 e. The fourth-order valence-electron chi connectivity index (χ4n) is 2.48. The highest BCUT2D eigenvalue weighted by Gasteiger charge is 2.11. The van der Waals surface area contributed by atoms with E-state index in [0.29, 0.717) is 39.6 Å². The second-order valence-electron chi connectivity index (χ2n) is 7.07. The van der Waals surface area contributed by atoms with Crippen molar-refractivity contribution in [1.82, 2.24) is 10.2 Å². The smallest absolute Gasteiger partial charge is 0.0689 e. The molecule has 150 valence electrons. The summed E-state index contributed by atoms with van der Waals surface area (Å²) >= 11 is 0. The van der Waals surface area contributed by atoms with E-state index in [-0.39, 0.29) is 0 Å². The van der Waals surface area contributed by atoms with E-state index < -0.39 is 0 Å². The minimum absolute atomic E-state index is 0.568. The molecule has 0 aliphatic rings. The van der Waals surface area contributed by atoms with Crippen molar-refractivity contribution in [3.8, 4) is 0 Å². The molecule has 0 aliphatic heterocycles. The maximum Gasteiger partial charge on any atom is 0.0689 e. The minimum atomic E-state index is 0.568. The van der Waals surface area contributed by atoms with Gasteiger partial charge in [-0.2, -0.15) is 10.2 Å². The molecule has 0 fully saturated rings. The Kier molecular flexibility index (Phi) is 11.5. The van der Waals surface area contributed by atoms with Gasteiger partial charge in [-0.1, -0.05) is 36.5 Å². The first kappa shape index (κ1) is 23.2. The number of ether oxygens (including phenoxy) is 3. The van der Waals surface area contributed by atoms with Gasteiger partial charge >= 0.3 is 0 Å². The average molecular weight is 375 g/mol. The van der Waals surface area contributed by atoms with Crippen LogP contribution in [0.4, 0.5) is 0 Å². The molecule has 0 atom stereocenters. The summed E-state index contributed by atoms with van der Waals surface area (Å²) in [5, 5.41) is 8.52. The quantitative estimate of drug-likeness (QED) is 0.344. The van der Waals surface area contributed by atoms with Crippen LogP contribution in [0.15, 0.2) is 42.7 Å². The molecular weight excluding hydrogens is 340 g/mol. The second-order valence-corrected chi connectivity index (χ2v) is 7.07. The molecule has 0 spiro atoms. The van der Waals surface area contributed by atoms with Gasteiger partial charge in [0.05, 0.1) is 51.5 Å². The third-order valence-electron chi connectivity index (χ3n) is 3.67. The first-order chi connectivity index (χ1) is 12.9. The van der Waals surface area contributed by atoms with Gasteiger partial charge in [0.1, 0.15) is 0 Å². The monoisotopic (exact) mass is 374 g/mol. The summed E-state index contributed by atoms with van der Waals surface area (Å²) < 4.78 is 17.0. The van der Waals surface area contributed by atoms with Crippen LogP contribution in [-0.4, -0.2) is 49.8 Å². The molecule has 5 nitrogen and oxygen atoms in total. The molecule has 0 unspecified atom stereocenters. The standard InChI is InChI=1S/C22H34N2O3/c1-17(2)14-25-10-7-20-13-23-24-22(9-12-27-16-19(5)6)21(20)8-11-26-15-18(3)4/h13H,1,3,5,7-12,14-16H2,2,4,6H3. The van der Waals surface area contributed by atoms with Crippen molar-refractivity contribution in [3.05, 3.63) is 59.5 Å². The Labute approximate surface area is 164 Å². The molecule has 0 aliphatic carbocycles. The van der Waals surface area contributed by atoms with Gasteiger partial charge in [-0.05, 0) is 44.7 Å². The Hall–Kier alpha value is -1.82. The number of aromatic nitrogens is 2. The summed E-state index contributed by atoms with van der Waals surface area (Å²) in [6, 6.07) is 0. The Morgan fingerprint density at radius 2 is 1.26 bits per heavy atom. The van der Waals surface area contributed by atoms with Gasteiger partial charge in [-0.25, -0.2) is 0 Å². The van der Waals surface area contributed by atoms with Crippen LogP contribution in [0.3, 0.4) is 0 Å². The summed E-state index contributed by atoms with van der Waals surface area (Å²) in [6.07, 6.45) is 4.12. The number of hydrogen-bond donors (Lipinski definition) is 0. The number of hydrogen-bond acceptors (Lipinski definition) is 5. The molecule has 1 aromatic heterocycles. The van der Waals surface area contributed by atoms with Gasteiger partial charge in [0.25, 0.3) is 0 Å². The highest BCUT2D eigenvalue weighted by Crippen LogP contribution is 2.15. The summed E-state index contributed by atoms with van der Waals surface area (Å²) in [5.74, 6) is 0. The number of rotatable bonds is 15. The molecule has 5 heteroatoms. The predicted molar refractivity (Wildman–Crippen MR) is 110 cm³/mol. The fourth-order valence-corrected chi connectivity index (χ4v) is 2.48. The van der Waals surface area contributed by atoms with Gasteiger partial charge in [-0.15, -0.1) is 0 Å². The highest BCUT2D eigenvalue weighted by atomic mass is 16.5. The second kappa shape index (κ2) is 13.4. The zero-order valence-electron chi connectivity index (χ0n) is 17.2. The van der Waals surface area contributed by atoms with Crippen molar-refractivity contribution in [2.45, 2.75) is 40.0 Å². The van der Waals surface area contributed by atoms with Crippen LogP contribution < -0.4 is 0 Å². The summed E-state index contributed by atoms with van der Waals surface area (Å²) in [4.78, 5) is 0. The molecule has 0 amide bonds. The molecular formula is C22H34N2O3.